The van der Waals surface area contributed by atoms with Crippen molar-refractivity contribution in [2.45, 2.75) is 71.5 Å². The topological polar surface area (TPSA) is 66.0 Å². The molecule has 1 atom stereocenters. The van der Waals surface area contributed by atoms with Crippen molar-refractivity contribution in [2.24, 2.45) is 0 Å². The largest absolute Gasteiger partial charge is 0.493 e. The summed E-state index contributed by atoms with van der Waals surface area (Å²) < 4.78 is 38.9. The SMILES string of the molecule is [CH2]CCNC(=O)C1CCc2ccc(OCCCOc3cc(OCc4ccccc4)c(-c4ccc(F)cc4)cc3CC)c(CCC)c2O1. The predicted octanol–water partition coefficient (Wildman–Crippen LogP) is 8.47. The molecule has 1 unspecified atom stereocenters. The lowest BCUT2D eigenvalue weighted by Crippen LogP contribution is -2.41. The fourth-order valence-electron chi connectivity index (χ4n) is 5.77. The summed E-state index contributed by atoms with van der Waals surface area (Å²) in [6.07, 6.45) is 4.75. The van der Waals surface area contributed by atoms with E-state index in [0.717, 1.165) is 76.3 Å². The summed E-state index contributed by atoms with van der Waals surface area (Å²) in [6, 6.07) is 24.6. The molecule has 1 radical (unpaired) electrons. The molecule has 0 saturated carbocycles. The van der Waals surface area contributed by atoms with Gasteiger partial charge in [0.2, 0.25) is 0 Å². The first-order valence-electron chi connectivity index (χ1n) is 16.7. The first-order valence-corrected chi connectivity index (χ1v) is 16.7. The molecule has 247 valence electrons. The smallest absolute Gasteiger partial charge is 0.261 e. The number of carbonyl (C=O) groups excluding carboxylic acids is 1. The van der Waals surface area contributed by atoms with Gasteiger partial charge in [0.1, 0.15) is 35.4 Å². The standard InChI is InChI=1S/C40H45FNO5/c1-4-11-33-35(20-16-31-17-21-36(47-39(31)33)40(43)42-22-5-2)44-23-10-24-45-37-26-38(46-27-28-12-8-7-9-13-28)34(25-29(37)6-3)30-14-18-32(41)19-15-30/h7-9,12-16,18-20,25-26,36H,2,4-6,10-11,17,21-24,27H2,1,3H3,(H,42,43). The van der Waals surface area contributed by atoms with Crippen molar-refractivity contribution in [3.8, 4) is 34.1 Å². The van der Waals surface area contributed by atoms with Gasteiger partial charge >= 0.3 is 0 Å². The summed E-state index contributed by atoms with van der Waals surface area (Å²) in [5, 5.41) is 2.91. The molecule has 0 aromatic heterocycles. The van der Waals surface area contributed by atoms with Crippen LogP contribution in [0, 0.1) is 12.7 Å². The Morgan fingerprint density at radius 2 is 1.70 bits per heavy atom. The molecule has 6 nitrogen and oxygen atoms in total. The molecule has 47 heavy (non-hydrogen) atoms. The molecule has 0 bridgehead atoms. The normalized spacial score (nSPS) is 13.7. The Balaban J connectivity index is 1.26. The highest BCUT2D eigenvalue weighted by Gasteiger charge is 2.29. The van der Waals surface area contributed by atoms with Gasteiger partial charge in [0, 0.05) is 30.2 Å². The number of aryl methyl sites for hydroxylation is 2. The molecule has 0 saturated heterocycles. The quantitative estimate of drug-likeness (QED) is 0.125. The fraction of sp³-hybridized carbons (Fsp3) is 0.350. The summed E-state index contributed by atoms with van der Waals surface area (Å²) in [7, 11) is 0. The zero-order valence-corrected chi connectivity index (χ0v) is 27.5. The molecule has 1 aliphatic rings. The Hall–Kier alpha value is -4.52. The first-order chi connectivity index (χ1) is 23.0. The van der Waals surface area contributed by atoms with E-state index in [9.17, 15) is 9.18 Å². The minimum atomic E-state index is -0.503. The number of fused-ring (bicyclic) bond motifs is 1. The molecule has 4 aromatic rings. The highest BCUT2D eigenvalue weighted by atomic mass is 19.1. The molecule has 4 aromatic carbocycles. The lowest BCUT2D eigenvalue weighted by molar-refractivity contribution is -0.128. The van der Waals surface area contributed by atoms with Crippen molar-refractivity contribution < 1.29 is 28.1 Å². The van der Waals surface area contributed by atoms with Crippen LogP contribution in [0.4, 0.5) is 4.39 Å². The van der Waals surface area contributed by atoms with Crippen LogP contribution in [0.5, 0.6) is 23.0 Å². The third kappa shape index (κ3) is 8.85. The molecule has 1 heterocycles. The van der Waals surface area contributed by atoms with Gasteiger partial charge in [-0.05, 0) is 78.6 Å². The molecule has 5 rings (SSSR count). The number of hydrogen-bond donors (Lipinski definition) is 1. The lowest BCUT2D eigenvalue weighted by atomic mass is 9.96. The van der Waals surface area contributed by atoms with E-state index in [2.05, 4.69) is 38.2 Å². The third-order valence-corrected chi connectivity index (χ3v) is 8.24. The van der Waals surface area contributed by atoms with E-state index in [1.165, 1.54) is 12.1 Å². The van der Waals surface area contributed by atoms with E-state index in [1.54, 1.807) is 12.1 Å². The van der Waals surface area contributed by atoms with Gasteiger partial charge in [0.15, 0.2) is 6.10 Å². The fourth-order valence-corrected chi connectivity index (χ4v) is 5.77. The highest BCUT2D eigenvalue weighted by molar-refractivity contribution is 5.81. The van der Waals surface area contributed by atoms with Crippen LogP contribution < -0.4 is 24.3 Å². The molecule has 1 N–H and O–H groups in total. The van der Waals surface area contributed by atoms with Crippen molar-refractivity contribution in [1.82, 2.24) is 5.32 Å². The van der Waals surface area contributed by atoms with E-state index in [0.29, 0.717) is 51.4 Å². The Bertz CT molecular complexity index is 1610. The van der Waals surface area contributed by atoms with E-state index >= 15 is 0 Å². The van der Waals surface area contributed by atoms with Crippen LogP contribution in [-0.4, -0.2) is 31.8 Å². The maximum absolute atomic E-state index is 13.7. The van der Waals surface area contributed by atoms with Gasteiger partial charge in [-0.25, -0.2) is 4.39 Å². The average Bonchev–Trinajstić information content (AvgIpc) is 3.10. The van der Waals surface area contributed by atoms with E-state index in [1.807, 2.05) is 42.5 Å². The molecule has 7 heteroatoms. The van der Waals surface area contributed by atoms with Crippen LogP contribution in [-0.2, 0) is 30.7 Å². The molecule has 0 spiro atoms. The summed E-state index contributed by atoms with van der Waals surface area (Å²) >= 11 is 0. The summed E-state index contributed by atoms with van der Waals surface area (Å²) in [5.74, 6) is 2.66. The molecule has 0 fully saturated rings. The van der Waals surface area contributed by atoms with Crippen LogP contribution in [0.15, 0.2) is 78.9 Å². The Morgan fingerprint density at radius 3 is 2.43 bits per heavy atom. The lowest BCUT2D eigenvalue weighted by Gasteiger charge is -2.28. The van der Waals surface area contributed by atoms with Crippen molar-refractivity contribution in [3.63, 3.8) is 0 Å². The van der Waals surface area contributed by atoms with Gasteiger partial charge < -0.3 is 24.3 Å². The number of carbonyl (C=O) groups is 1. The first kappa shape index (κ1) is 33.8. The van der Waals surface area contributed by atoms with Gasteiger partial charge in [-0.1, -0.05) is 75.7 Å². The van der Waals surface area contributed by atoms with Gasteiger partial charge in [-0.15, -0.1) is 0 Å². The monoisotopic (exact) mass is 638 g/mol. The van der Waals surface area contributed by atoms with Gasteiger partial charge in [-0.3, -0.25) is 4.79 Å². The minimum Gasteiger partial charge on any atom is -0.493 e. The number of ether oxygens (including phenoxy) is 4. The molecule has 0 aliphatic carbocycles. The average molecular weight is 639 g/mol. The van der Waals surface area contributed by atoms with Crippen LogP contribution in [0.2, 0.25) is 0 Å². The second kappa shape index (κ2) is 16.9. The zero-order chi connectivity index (χ0) is 33.0. The second-order valence-electron chi connectivity index (χ2n) is 11.7. The van der Waals surface area contributed by atoms with E-state index in [4.69, 9.17) is 18.9 Å². The van der Waals surface area contributed by atoms with E-state index < -0.39 is 6.10 Å². The Morgan fingerprint density at radius 1 is 0.936 bits per heavy atom. The Labute approximate surface area is 278 Å². The summed E-state index contributed by atoms with van der Waals surface area (Å²) in [6.45, 7) is 9.89. The van der Waals surface area contributed by atoms with Crippen molar-refractivity contribution in [3.05, 3.63) is 114 Å². The van der Waals surface area contributed by atoms with Crippen molar-refractivity contribution in [1.29, 1.82) is 0 Å². The summed E-state index contributed by atoms with van der Waals surface area (Å²) in [5.41, 5.74) is 6.01. The Kier molecular flexibility index (Phi) is 12.1. The van der Waals surface area contributed by atoms with Gasteiger partial charge in [-0.2, -0.15) is 0 Å². The van der Waals surface area contributed by atoms with Crippen LogP contribution in [0.1, 0.15) is 61.8 Å². The predicted molar refractivity (Wildman–Crippen MR) is 184 cm³/mol. The third-order valence-electron chi connectivity index (χ3n) is 8.24. The van der Waals surface area contributed by atoms with Crippen LogP contribution in [0.25, 0.3) is 11.1 Å². The zero-order valence-electron chi connectivity index (χ0n) is 27.5. The number of halogens is 1. The molecule has 1 aliphatic heterocycles. The second-order valence-corrected chi connectivity index (χ2v) is 11.7. The van der Waals surface area contributed by atoms with Crippen molar-refractivity contribution >= 4 is 5.91 Å². The maximum Gasteiger partial charge on any atom is 0.261 e. The number of amides is 1. The molecule has 1 amide bonds. The van der Waals surface area contributed by atoms with E-state index in [-0.39, 0.29) is 11.7 Å². The molecular weight excluding hydrogens is 593 g/mol. The summed E-state index contributed by atoms with van der Waals surface area (Å²) in [4.78, 5) is 12.6. The maximum atomic E-state index is 13.7. The van der Waals surface area contributed by atoms with Crippen LogP contribution >= 0.6 is 0 Å². The number of benzene rings is 4. The number of rotatable bonds is 16. The van der Waals surface area contributed by atoms with Gasteiger partial charge in [0.25, 0.3) is 5.91 Å². The number of hydrogen-bond acceptors (Lipinski definition) is 5. The minimum absolute atomic E-state index is 0.0870. The number of nitrogens with one attached hydrogen (secondary N) is 1. The van der Waals surface area contributed by atoms with Crippen molar-refractivity contribution in [2.75, 3.05) is 19.8 Å². The molecular formula is C40H45FNO5. The van der Waals surface area contributed by atoms with Gasteiger partial charge in [0.05, 0.1) is 13.2 Å². The van der Waals surface area contributed by atoms with Crippen LogP contribution in [0.3, 0.4) is 0 Å². The highest BCUT2D eigenvalue weighted by Crippen LogP contribution is 2.39.